The van der Waals surface area contributed by atoms with Crippen molar-refractivity contribution < 1.29 is 0 Å². The molecule has 0 aliphatic carbocycles. The molecule has 1 aromatic carbocycles. The number of aryl methyl sites for hydroxylation is 1. The fourth-order valence-electron chi connectivity index (χ4n) is 5.36. The normalized spacial score (nSPS) is 12.3. The highest BCUT2D eigenvalue weighted by atomic mass is 14.8. The molecule has 0 radical (unpaired) electrons. The van der Waals surface area contributed by atoms with Gasteiger partial charge in [0.25, 0.3) is 0 Å². The highest BCUT2D eigenvalue weighted by molar-refractivity contribution is 5.94. The minimum absolute atomic E-state index is 0.843. The van der Waals surface area contributed by atoms with Gasteiger partial charge in [0.05, 0.1) is 34.0 Å². The van der Waals surface area contributed by atoms with E-state index in [4.69, 9.17) is 9.97 Å². The summed E-state index contributed by atoms with van der Waals surface area (Å²) in [6.07, 6.45) is 10.1. The molecule has 39 heavy (non-hydrogen) atoms. The van der Waals surface area contributed by atoms with Crippen LogP contribution in [0.25, 0.3) is 68.8 Å². The number of rotatable bonds is 2. The van der Waals surface area contributed by atoms with Gasteiger partial charge in [-0.25, -0.2) is 9.97 Å². The Morgan fingerprint density at radius 2 is 1.31 bits per heavy atom. The van der Waals surface area contributed by atoms with Crippen LogP contribution in [0.2, 0.25) is 0 Å². The zero-order chi connectivity index (χ0) is 26.5. The van der Waals surface area contributed by atoms with Crippen LogP contribution in [0.1, 0.15) is 39.5 Å². The molecule has 6 heterocycles. The maximum Gasteiger partial charge on any atom is 0.0753 e. The topological polar surface area (TPSA) is 70.2 Å². The number of hydrogen-bond donors (Lipinski definition) is 2. The molecule has 8 bridgehead atoms. The standard InChI is InChI=1S/C34H27N5/c1-20-7-12-27(22(3)21(20)2)33-29-13-10-25(37-29)18-23-8-9-24(36-23)19-26-11-14-31(38-26)34(28-6-4-5-17-35-28)32-16-15-30(33)39-32/h4-19,36-37H,1-3H3. The van der Waals surface area contributed by atoms with Gasteiger partial charge in [-0.3, -0.25) is 4.98 Å². The van der Waals surface area contributed by atoms with Crippen LogP contribution < -0.4 is 0 Å². The van der Waals surface area contributed by atoms with Crippen molar-refractivity contribution >= 4 is 46.4 Å². The predicted molar refractivity (Wildman–Crippen MR) is 162 cm³/mol. The number of hydrogen-bond acceptors (Lipinski definition) is 3. The van der Waals surface area contributed by atoms with Crippen molar-refractivity contribution in [2.75, 3.05) is 0 Å². The summed E-state index contributed by atoms with van der Waals surface area (Å²) in [4.78, 5) is 22.0. The lowest BCUT2D eigenvalue weighted by atomic mass is 9.93. The first-order valence-corrected chi connectivity index (χ1v) is 13.1. The highest BCUT2D eigenvalue weighted by Gasteiger charge is 2.18. The van der Waals surface area contributed by atoms with Crippen LogP contribution in [-0.4, -0.2) is 24.9 Å². The molecule has 2 aliphatic rings. The van der Waals surface area contributed by atoms with Gasteiger partial charge >= 0.3 is 0 Å². The molecule has 5 aromatic rings. The predicted octanol–water partition coefficient (Wildman–Crippen LogP) is 8.31. The van der Waals surface area contributed by atoms with E-state index in [0.717, 1.165) is 61.7 Å². The fraction of sp³-hybridized carbons (Fsp3) is 0.0882. The van der Waals surface area contributed by atoms with E-state index < -0.39 is 0 Å². The third-order valence-corrected chi connectivity index (χ3v) is 7.64. The molecule has 0 saturated carbocycles. The van der Waals surface area contributed by atoms with Gasteiger partial charge in [-0.2, -0.15) is 0 Å². The fourth-order valence-corrected chi connectivity index (χ4v) is 5.36. The molecule has 2 aliphatic heterocycles. The van der Waals surface area contributed by atoms with Crippen LogP contribution >= 0.6 is 0 Å². The Hall–Kier alpha value is -5.03. The molecule has 0 amide bonds. The Morgan fingerprint density at radius 1 is 0.590 bits per heavy atom. The summed E-state index contributed by atoms with van der Waals surface area (Å²) in [5, 5.41) is 0. The van der Waals surface area contributed by atoms with E-state index in [9.17, 15) is 0 Å². The van der Waals surface area contributed by atoms with Crippen LogP contribution in [0, 0.1) is 20.8 Å². The first-order valence-electron chi connectivity index (χ1n) is 13.1. The van der Waals surface area contributed by atoms with Gasteiger partial charge in [0, 0.05) is 33.8 Å². The van der Waals surface area contributed by atoms with Crippen LogP contribution in [0.15, 0.2) is 72.9 Å². The molecule has 188 valence electrons. The lowest BCUT2D eigenvalue weighted by Crippen LogP contribution is -1.94. The second kappa shape index (κ2) is 9.07. The highest BCUT2D eigenvalue weighted by Crippen LogP contribution is 2.36. The lowest BCUT2D eigenvalue weighted by Gasteiger charge is -2.12. The van der Waals surface area contributed by atoms with Crippen LogP contribution in [-0.2, 0) is 0 Å². The van der Waals surface area contributed by atoms with Crippen LogP contribution in [0.3, 0.4) is 0 Å². The monoisotopic (exact) mass is 505 g/mol. The average Bonchev–Trinajstić information content (AvgIpc) is 3.75. The summed E-state index contributed by atoms with van der Waals surface area (Å²) in [5.41, 5.74) is 15.4. The zero-order valence-electron chi connectivity index (χ0n) is 22.1. The largest absolute Gasteiger partial charge is 0.355 e. The summed E-state index contributed by atoms with van der Waals surface area (Å²) in [6, 6.07) is 23.0. The lowest BCUT2D eigenvalue weighted by molar-refractivity contribution is 1.24. The zero-order valence-corrected chi connectivity index (χ0v) is 22.1. The van der Waals surface area contributed by atoms with E-state index in [1.54, 1.807) is 0 Å². The summed E-state index contributed by atoms with van der Waals surface area (Å²) >= 11 is 0. The Kier molecular flexibility index (Phi) is 5.37. The van der Waals surface area contributed by atoms with E-state index >= 15 is 0 Å². The van der Waals surface area contributed by atoms with E-state index in [-0.39, 0.29) is 0 Å². The number of pyridine rings is 1. The molecule has 0 fully saturated rings. The summed E-state index contributed by atoms with van der Waals surface area (Å²) < 4.78 is 0. The SMILES string of the molecule is Cc1ccc(-c2c3nc(c(-c4ccccn4)c4nc(cc5ccc(cc6ccc2[nH]6)[nH]5)C=C4)C=C3)c(C)c1C. The number of aromatic amines is 2. The Bertz CT molecular complexity index is 1990. The molecule has 5 heteroatoms. The Morgan fingerprint density at radius 3 is 2.13 bits per heavy atom. The molecule has 0 unspecified atom stereocenters. The van der Waals surface area contributed by atoms with Crippen molar-refractivity contribution in [3.8, 4) is 22.4 Å². The maximum absolute atomic E-state index is 5.23. The minimum Gasteiger partial charge on any atom is -0.355 e. The minimum atomic E-state index is 0.843. The first-order chi connectivity index (χ1) is 19.0. The first kappa shape index (κ1) is 23.1. The van der Waals surface area contributed by atoms with Gasteiger partial charge in [0.2, 0.25) is 0 Å². The maximum atomic E-state index is 5.23. The van der Waals surface area contributed by atoms with E-state index in [0.29, 0.717) is 0 Å². The van der Waals surface area contributed by atoms with Crippen molar-refractivity contribution in [1.82, 2.24) is 24.9 Å². The molecule has 0 saturated heterocycles. The third kappa shape index (κ3) is 4.09. The quantitative estimate of drug-likeness (QED) is 0.248. The second-order valence-electron chi connectivity index (χ2n) is 10.1. The number of nitrogens with zero attached hydrogens (tertiary/aromatic N) is 3. The van der Waals surface area contributed by atoms with E-state index in [1.807, 2.05) is 36.5 Å². The molecular formula is C34H27N5. The van der Waals surface area contributed by atoms with Gasteiger partial charge < -0.3 is 9.97 Å². The molecule has 5 nitrogen and oxygen atoms in total. The number of H-pyrrole nitrogens is 2. The van der Waals surface area contributed by atoms with Crippen molar-refractivity contribution in [3.63, 3.8) is 0 Å². The summed E-state index contributed by atoms with van der Waals surface area (Å²) in [7, 11) is 0. The van der Waals surface area contributed by atoms with Crippen LogP contribution in [0.4, 0.5) is 0 Å². The van der Waals surface area contributed by atoms with Gasteiger partial charge in [-0.15, -0.1) is 0 Å². The summed E-state index contributed by atoms with van der Waals surface area (Å²) in [6.45, 7) is 6.54. The van der Waals surface area contributed by atoms with Crippen molar-refractivity contribution in [3.05, 3.63) is 112 Å². The molecule has 2 N–H and O–H groups in total. The summed E-state index contributed by atoms with van der Waals surface area (Å²) in [5.74, 6) is 0. The molecular weight excluding hydrogens is 478 g/mol. The number of fused-ring (bicyclic) bond motifs is 8. The Labute approximate surface area is 226 Å². The van der Waals surface area contributed by atoms with Gasteiger partial charge in [-0.1, -0.05) is 18.2 Å². The van der Waals surface area contributed by atoms with Gasteiger partial charge in [0.1, 0.15) is 0 Å². The van der Waals surface area contributed by atoms with Crippen LogP contribution in [0.5, 0.6) is 0 Å². The smallest absolute Gasteiger partial charge is 0.0753 e. The Balaban J connectivity index is 1.65. The number of aromatic nitrogens is 5. The van der Waals surface area contributed by atoms with Crippen molar-refractivity contribution in [1.29, 1.82) is 0 Å². The van der Waals surface area contributed by atoms with E-state index in [2.05, 4.69) is 96.4 Å². The van der Waals surface area contributed by atoms with Crippen molar-refractivity contribution in [2.24, 2.45) is 0 Å². The van der Waals surface area contributed by atoms with Crippen molar-refractivity contribution in [2.45, 2.75) is 20.8 Å². The average molecular weight is 506 g/mol. The number of benzene rings is 1. The third-order valence-electron chi connectivity index (χ3n) is 7.64. The molecule has 0 spiro atoms. The number of nitrogens with one attached hydrogen (secondary N) is 2. The van der Waals surface area contributed by atoms with E-state index in [1.165, 1.54) is 22.3 Å². The van der Waals surface area contributed by atoms with Gasteiger partial charge in [0.15, 0.2) is 0 Å². The molecule has 4 aromatic heterocycles. The molecule has 7 rings (SSSR count). The second-order valence-corrected chi connectivity index (χ2v) is 10.1. The molecule has 0 atom stereocenters. The van der Waals surface area contributed by atoms with Gasteiger partial charge in [-0.05, 0) is 116 Å².